The highest BCUT2D eigenvalue weighted by Crippen LogP contribution is 2.19. The summed E-state index contributed by atoms with van der Waals surface area (Å²) in [6, 6.07) is 0. The number of aryl methyl sites for hydroxylation is 1. The molecule has 1 aromatic rings. The lowest BCUT2D eigenvalue weighted by molar-refractivity contribution is 0.477. The number of aromatic nitrogens is 3. The van der Waals surface area contributed by atoms with Crippen LogP contribution in [0.2, 0.25) is 0 Å². The lowest BCUT2D eigenvalue weighted by Crippen LogP contribution is -2.38. The van der Waals surface area contributed by atoms with Gasteiger partial charge < -0.3 is 15.2 Å². The number of hydrogen-bond acceptors (Lipinski definition) is 4. The van der Waals surface area contributed by atoms with Crippen molar-refractivity contribution in [2.75, 3.05) is 26.4 Å². The minimum atomic E-state index is 0. The van der Waals surface area contributed by atoms with Crippen molar-refractivity contribution in [2.24, 2.45) is 10.9 Å². The predicted molar refractivity (Wildman–Crippen MR) is 131 cm³/mol. The maximum atomic E-state index is 4.39. The average Bonchev–Trinajstić information content (AvgIpc) is 3.05. The highest BCUT2D eigenvalue weighted by Gasteiger charge is 2.12. The van der Waals surface area contributed by atoms with E-state index >= 15 is 0 Å². The molecule has 0 atom stereocenters. The quantitative estimate of drug-likeness (QED) is 0.121. The first kappa shape index (κ1) is 25.3. The zero-order valence-corrected chi connectivity index (χ0v) is 21.0. The molecular formula is C20H37IN6S. The molecule has 1 aliphatic carbocycles. The first-order valence-electron chi connectivity index (χ1n) is 10.2. The summed E-state index contributed by atoms with van der Waals surface area (Å²) in [7, 11) is 1.83. The molecule has 0 spiro atoms. The van der Waals surface area contributed by atoms with Gasteiger partial charge >= 0.3 is 0 Å². The molecule has 1 aromatic heterocycles. The number of halogens is 1. The third-order valence-electron chi connectivity index (χ3n) is 4.74. The largest absolute Gasteiger partial charge is 0.356 e. The Labute approximate surface area is 191 Å². The van der Waals surface area contributed by atoms with Gasteiger partial charge in [-0.2, -0.15) is 0 Å². The van der Waals surface area contributed by atoms with E-state index in [0.717, 1.165) is 55.8 Å². The fraction of sp³-hybridized carbons (Fsp3) is 0.750. The molecule has 0 saturated carbocycles. The van der Waals surface area contributed by atoms with Gasteiger partial charge in [0.1, 0.15) is 5.82 Å². The molecule has 0 aliphatic heterocycles. The fourth-order valence-electron chi connectivity index (χ4n) is 3.35. The number of nitrogens with one attached hydrogen (secondary N) is 2. The Morgan fingerprint density at radius 2 is 2.00 bits per heavy atom. The van der Waals surface area contributed by atoms with Crippen molar-refractivity contribution >= 4 is 41.7 Å². The molecule has 0 unspecified atom stereocenters. The molecule has 28 heavy (non-hydrogen) atoms. The molecular weight excluding hydrogens is 483 g/mol. The Bertz CT molecular complexity index is 626. The highest BCUT2D eigenvalue weighted by atomic mass is 127. The molecule has 2 rings (SSSR count). The third-order valence-corrected chi connectivity index (χ3v) is 5.41. The monoisotopic (exact) mass is 520 g/mol. The molecule has 1 aliphatic rings. The van der Waals surface area contributed by atoms with Gasteiger partial charge in [0.15, 0.2) is 11.1 Å². The van der Waals surface area contributed by atoms with Crippen LogP contribution in [0.25, 0.3) is 0 Å². The lowest BCUT2D eigenvalue weighted by atomic mass is 9.97. The van der Waals surface area contributed by atoms with E-state index in [1.54, 1.807) is 17.3 Å². The first-order valence-corrected chi connectivity index (χ1v) is 11.4. The number of allylic oxidation sites excluding steroid dienone is 1. The Kier molecular flexibility index (Phi) is 12.9. The molecule has 160 valence electrons. The fourth-order valence-corrected chi connectivity index (χ4v) is 3.87. The van der Waals surface area contributed by atoms with E-state index in [9.17, 15) is 0 Å². The SMILES string of the molecule is CN=C(NCCCc1nnc(SC)n1CC(C)C)NCCC1=CCCCC1.I. The van der Waals surface area contributed by atoms with Crippen LogP contribution < -0.4 is 10.6 Å². The topological polar surface area (TPSA) is 67.1 Å². The van der Waals surface area contributed by atoms with E-state index in [-0.39, 0.29) is 24.0 Å². The minimum absolute atomic E-state index is 0. The molecule has 8 heteroatoms. The van der Waals surface area contributed by atoms with E-state index in [0.29, 0.717) is 5.92 Å². The van der Waals surface area contributed by atoms with Crippen LogP contribution in [0.1, 0.15) is 58.2 Å². The second-order valence-corrected chi connectivity index (χ2v) is 8.27. The summed E-state index contributed by atoms with van der Waals surface area (Å²) in [4.78, 5) is 4.33. The number of guanidine groups is 1. The average molecular weight is 521 g/mol. The Balaban J connectivity index is 0.00000392. The van der Waals surface area contributed by atoms with Gasteiger partial charge in [-0.25, -0.2) is 0 Å². The molecule has 0 radical (unpaired) electrons. The van der Waals surface area contributed by atoms with Crippen LogP contribution in [0.3, 0.4) is 0 Å². The van der Waals surface area contributed by atoms with Gasteiger partial charge in [-0.3, -0.25) is 4.99 Å². The summed E-state index contributed by atoms with van der Waals surface area (Å²) in [5.41, 5.74) is 1.60. The van der Waals surface area contributed by atoms with Gasteiger partial charge in [-0.1, -0.05) is 37.3 Å². The van der Waals surface area contributed by atoms with Crippen LogP contribution in [-0.4, -0.2) is 47.1 Å². The molecule has 0 amide bonds. The van der Waals surface area contributed by atoms with Crippen LogP contribution in [0, 0.1) is 5.92 Å². The van der Waals surface area contributed by atoms with Gasteiger partial charge in [0, 0.05) is 33.1 Å². The summed E-state index contributed by atoms with van der Waals surface area (Å²) in [6.07, 6.45) is 12.7. The zero-order valence-electron chi connectivity index (χ0n) is 17.8. The van der Waals surface area contributed by atoms with Crippen LogP contribution in [0.15, 0.2) is 21.8 Å². The second kappa shape index (κ2) is 14.3. The molecule has 0 aromatic carbocycles. The van der Waals surface area contributed by atoms with Gasteiger partial charge in [0.2, 0.25) is 0 Å². The van der Waals surface area contributed by atoms with Gasteiger partial charge in [0.25, 0.3) is 0 Å². The van der Waals surface area contributed by atoms with Gasteiger partial charge in [-0.05, 0) is 50.7 Å². The van der Waals surface area contributed by atoms with E-state index in [1.165, 1.54) is 25.7 Å². The van der Waals surface area contributed by atoms with Crippen molar-refractivity contribution < 1.29 is 0 Å². The van der Waals surface area contributed by atoms with Gasteiger partial charge in [0.05, 0.1) is 0 Å². The Morgan fingerprint density at radius 1 is 1.21 bits per heavy atom. The predicted octanol–water partition coefficient (Wildman–Crippen LogP) is 4.26. The maximum absolute atomic E-state index is 4.39. The molecule has 6 nitrogen and oxygen atoms in total. The van der Waals surface area contributed by atoms with E-state index in [4.69, 9.17) is 0 Å². The summed E-state index contributed by atoms with van der Waals surface area (Å²) in [5.74, 6) is 2.56. The second-order valence-electron chi connectivity index (χ2n) is 7.49. The number of rotatable bonds is 10. The third kappa shape index (κ3) is 8.71. The van der Waals surface area contributed by atoms with E-state index in [1.807, 2.05) is 7.05 Å². The minimum Gasteiger partial charge on any atom is -0.356 e. The van der Waals surface area contributed by atoms with Crippen LogP contribution in [0.5, 0.6) is 0 Å². The van der Waals surface area contributed by atoms with Gasteiger partial charge in [-0.15, -0.1) is 34.2 Å². The van der Waals surface area contributed by atoms with Crippen molar-refractivity contribution in [1.82, 2.24) is 25.4 Å². The summed E-state index contributed by atoms with van der Waals surface area (Å²) >= 11 is 1.67. The summed E-state index contributed by atoms with van der Waals surface area (Å²) in [5, 5.41) is 16.6. The number of hydrogen-bond donors (Lipinski definition) is 2. The maximum Gasteiger partial charge on any atom is 0.190 e. The number of aliphatic imine (C=N–C) groups is 1. The summed E-state index contributed by atoms with van der Waals surface area (Å²) < 4.78 is 2.26. The molecule has 0 saturated heterocycles. The standard InChI is InChI=1S/C20H36N6S.HI/c1-16(2)15-26-18(24-25-20(26)27-4)11-8-13-22-19(21-3)23-14-12-17-9-6-5-7-10-17;/h9,16H,5-8,10-15H2,1-4H3,(H2,21,22,23);1H. The zero-order chi connectivity index (χ0) is 19.5. The van der Waals surface area contributed by atoms with Crippen molar-refractivity contribution in [3.05, 3.63) is 17.5 Å². The molecule has 0 bridgehead atoms. The van der Waals surface area contributed by atoms with Crippen molar-refractivity contribution in [1.29, 1.82) is 0 Å². The molecule has 0 fully saturated rings. The highest BCUT2D eigenvalue weighted by molar-refractivity contribution is 14.0. The lowest BCUT2D eigenvalue weighted by Gasteiger charge is -2.15. The number of thioether (sulfide) groups is 1. The van der Waals surface area contributed by atoms with Crippen LogP contribution in [-0.2, 0) is 13.0 Å². The first-order chi connectivity index (χ1) is 13.1. The van der Waals surface area contributed by atoms with Crippen molar-refractivity contribution in [3.8, 4) is 0 Å². The summed E-state index contributed by atoms with van der Waals surface area (Å²) in [6.45, 7) is 7.27. The molecule has 1 heterocycles. The van der Waals surface area contributed by atoms with E-state index in [2.05, 4.69) is 56.6 Å². The Morgan fingerprint density at radius 3 is 2.64 bits per heavy atom. The van der Waals surface area contributed by atoms with Crippen molar-refractivity contribution in [3.63, 3.8) is 0 Å². The van der Waals surface area contributed by atoms with Crippen LogP contribution in [0.4, 0.5) is 0 Å². The molecule has 2 N–H and O–H groups in total. The van der Waals surface area contributed by atoms with E-state index < -0.39 is 0 Å². The smallest absolute Gasteiger partial charge is 0.190 e. The van der Waals surface area contributed by atoms with Crippen molar-refractivity contribution in [2.45, 2.75) is 70.5 Å². The number of nitrogens with zero attached hydrogens (tertiary/aromatic N) is 4. The Hall–Kier alpha value is -0.770. The normalized spacial score (nSPS) is 14.6. The van der Waals surface area contributed by atoms with Crippen LogP contribution >= 0.6 is 35.7 Å².